The van der Waals surface area contributed by atoms with Crippen molar-refractivity contribution in [3.8, 4) is 0 Å². The van der Waals surface area contributed by atoms with Gasteiger partial charge in [-0.3, -0.25) is 14.9 Å². The molecular weight excluding hydrogens is 468 g/mol. The minimum atomic E-state index is -0.456. The molecule has 10 heteroatoms. The van der Waals surface area contributed by atoms with Crippen molar-refractivity contribution in [3.05, 3.63) is 67.5 Å². The zero-order valence-corrected chi connectivity index (χ0v) is 19.9. The number of nitro groups is 1. The van der Waals surface area contributed by atoms with Gasteiger partial charge >= 0.3 is 0 Å². The SMILES string of the molecule is Cc1ccc(NC(=S)N2CCN(C(=O)c3sc4cc([N+](=O)[O-])ccc4c3Cl)CC2)cc1C. The van der Waals surface area contributed by atoms with Crippen LogP contribution in [0.25, 0.3) is 10.1 Å². The Hall–Kier alpha value is -2.75. The summed E-state index contributed by atoms with van der Waals surface area (Å²) in [4.78, 5) is 27.9. The van der Waals surface area contributed by atoms with Gasteiger partial charge in [0.2, 0.25) is 0 Å². The van der Waals surface area contributed by atoms with E-state index < -0.39 is 4.92 Å². The van der Waals surface area contributed by atoms with Crippen molar-refractivity contribution in [1.29, 1.82) is 0 Å². The number of amides is 1. The molecule has 1 N–H and O–H groups in total. The Morgan fingerprint density at radius 1 is 1.09 bits per heavy atom. The lowest BCUT2D eigenvalue weighted by Gasteiger charge is -2.36. The maximum absolute atomic E-state index is 13.1. The molecule has 32 heavy (non-hydrogen) atoms. The topological polar surface area (TPSA) is 78.7 Å². The van der Waals surface area contributed by atoms with E-state index in [2.05, 4.69) is 31.3 Å². The minimum Gasteiger partial charge on any atom is -0.345 e. The van der Waals surface area contributed by atoms with Crippen molar-refractivity contribution in [2.24, 2.45) is 0 Å². The van der Waals surface area contributed by atoms with Crippen molar-refractivity contribution in [3.63, 3.8) is 0 Å². The van der Waals surface area contributed by atoms with Gasteiger partial charge in [0.15, 0.2) is 5.11 Å². The summed E-state index contributed by atoms with van der Waals surface area (Å²) < 4.78 is 0.630. The predicted molar refractivity (Wildman–Crippen MR) is 133 cm³/mol. The summed E-state index contributed by atoms with van der Waals surface area (Å²) >= 11 is 13.2. The fourth-order valence-electron chi connectivity index (χ4n) is 3.58. The van der Waals surface area contributed by atoms with Crippen LogP contribution in [0.3, 0.4) is 0 Å². The molecular formula is C22H21ClN4O3S2. The summed E-state index contributed by atoms with van der Waals surface area (Å²) in [6.45, 7) is 6.37. The standard InChI is InChI=1S/C22H21ClN4O3S2/c1-13-3-4-15(11-14(13)2)24-22(31)26-9-7-25(8-10-26)21(28)20-19(23)17-6-5-16(27(29)30)12-18(17)32-20/h3-6,11-12H,7-10H2,1-2H3,(H,24,31). The number of nitrogens with zero attached hydrogens (tertiary/aromatic N) is 3. The molecule has 1 aliphatic heterocycles. The molecule has 2 aromatic carbocycles. The van der Waals surface area contributed by atoms with Gasteiger partial charge in [0.05, 0.1) is 9.95 Å². The van der Waals surface area contributed by atoms with E-state index in [1.165, 1.54) is 34.6 Å². The maximum Gasteiger partial charge on any atom is 0.270 e. The number of thiophene rings is 1. The Morgan fingerprint density at radius 3 is 2.44 bits per heavy atom. The first-order valence-electron chi connectivity index (χ1n) is 10.0. The molecule has 0 saturated carbocycles. The fourth-order valence-corrected chi connectivity index (χ4v) is 5.40. The summed E-state index contributed by atoms with van der Waals surface area (Å²) in [5.74, 6) is -0.161. The number of fused-ring (bicyclic) bond motifs is 1. The molecule has 3 aromatic rings. The number of thiocarbonyl (C=S) groups is 1. The number of anilines is 1. The zero-order chi connectivity index (χ0) is 23.0. The molecule has 7 nitrogen and oxygen atoms in total. The highest BCUT2D eigenvalue weighted by Gasteiger charge is 2.27. The van der Waals surface area contributed by atoms with E-state index in [0.29, 0.717) is 51.3 Å². The molecule has 2 heterocycles. The monoisotopic (exact) mass is 488 g/mol. The van der Waals surface area contributed by atoms with Gasteiger partial charge in [0.1, 0.15) is 4.88 Å². The van der Waals surface area contributed by atoms with Gasteiger partial charge in [-0.1, -0.05) is 17.7 Å². The van der Waals surface area contributed by atoms with Crippen LogP contribution in [0.2, 0.25) is 5.02 Å². The number of hydrogen-bond donors (Lipinski definition) is 1. The van der Waals surface area contributed by atoms with E-state index >= 15 is 0 Å². The third-order valence-electron chi connectivity index (χ3n) is 5.63. The largest absolute Gasteiger partial charge is 0.345 e. The number of non-ortho nitro benzene ring substituents is 1. The highest BCUT2D eigenvalue weighted by Crippen LogP contribution is 2.38. The Kier molecular flexibility index (Phi) is 6.32. The van der Waals surface area contributed by atoms with Crippen LogP contribution in [0, 0.1) is 24.0 Å². The molecule has 1 aromatic heterocycles. The minimum absolute atomic E-state index is 0.0205. The number of hydrogen-bond acceptors (Lipinski definition) is 5. The van der Waals surface area contributed by atoms with Crippen LogP contribution in [0.1, 0.15) is 20.8 Å². The van der Waals surface area contributed by atoms with Gasteiger partial charge in [0, 0.05) is 54.1 Å². The average molecular weight is 489 g/mol. The number of nitro benzene ring substituents is 1. The third kappa shape index (κ3) is 4.41. The second kappa shape index (κ2) is 9.01. The number of rotatable bonds is 3. The van der Waals surface area contributed by atoms with Gasteiger partial charge < -0.3 is 15.1 Å². The number of aryl methyl sites for hydroxylation is 2. The number of piperazine rings is 1. The number of benzene rings is 2. The van der Waals surface area contributed by atoms with E-state index in [0.717, 1.165) is 5.69 Å². The number of carbonyl (C=O) groups excluding carboxylic acids is 1. The van der Waals surface area contributed by atoms with Crippen molar-refractivity contribution >= 4 is 67.6 Å². The Bertz CT molecular complexity index is 1240. The second-order valence-electron chi connectivity index (χ2n) is 7.69. The predicted octanol–water partition coefficient (Wildman–Crippen LogP) is 5.23. The summed E-state index contributed by atoms with van der Waals surface area (Å²) in [6.07, 6.45) is 0. The lowest BCUT2D eigenvalue weighted by molar-refractivity contribution is -0.384. The molecule has 0 unspecified atom stereocenters. The van der Waals surface area contributed by atoms with E-state index in [9.17, 15) is 14.9 Å². The number of nitrogens with one attached hydrogen (secondary N) is 1. The molecule has 0 radical (unpaired) electrons. The van der Waals surface area contributed by atoms with Crippen LogP contribution in [0.5, 0.6) is 0 Å². The summed E-state index contributed by atoms with van der Waals surface area (Å²) in [5.41, 5.74) is 3.34. The molecule has 1 saturated heterocycles. The molecule has 0 spiro atoms. The van der Waals surface area contributed by atoms with Crippen molar-refractivity contribution in [2.75, 3.05) is 31.5 Å². The van der Waals surface area contributed by atoms with Crippen LogP contribution in [0.4, 0.5) is 11.4 Å². The molecule has 0 atom stereocenters. The molecule has 0 bridgehead atoms. The normalized spacial score (nSPS) is 14.0. The van der Waals surface area contributed by atoms with Crippen LogP contribution >= 0.6 is 35.2 Å². The molecule has 0 aliphatic carbocycles. The lowest BCUT2D eigenvalue weighted by Crippen LogP contribution is -2.51. The Morgan fingerprint density at radius 2 is 1.78 bits per heavy atom. The molecule has 4 rings (SSSR count). The van der Waals surface area contributed by atoms with Crippen molar-refractivity contribution in [2.45, 2.75) is 13.8 Å². The Balaban J connectivity index is 1.42. The molecule has 166 valence electrons. The summed E-state index contributed by atoms with van der Waals surface area (Å²) in [5, 5.41) is 15.9. The lowest BCUT2D eigenvalue weighted by atomic mass is 10.1. The first-order chi connectivity index (χ1) is 15.2. The quantitative estimate of drug-likeness (QED) is 0.309. The molecule has 1 amide bonds. The van der Waals surface area contributed by atoms with Crippen LogP contribution in [0.15, 0.2) is 36.4 Å². The molecule has 1 fully saturated rings. The van der Waals surface area contributed by atoms with E-state index in [1.807, 2.05) is 11.0 Å². The summed E-state index contributed by atoms with van der Waals surface area (Å²) in [7, 11) is 0. The first kappa shape index (κ1) is 22.4. The first-order valence-corrected chi connectivity index (χ1v) is 11.6. The maximum atomic E-state index is 13.1. The van der Waals surface area contributed by atoms with E-state index in [1.54, 1.807) is 11.0 Å². The highest BCUT2D eigenvalue weighted by molar-refractivity contribution is 7.80. The Labute approximate surface area is 199 Å². The molecule has 1 aliphatic rings. The second-order valence-corrected chi connectivity index (χ2v) is 9.51. The van der Waals surface area contributed by atoms with Gasteiger partial charge in [0.25, 0.3) is 11.6 Å². The smallest absolute Gasteiger partial charge is 0.270 e. The van der Waals surface area contributed by atoms with E-state index in [-0.39, 0.29) is 11.6 Å². The van der Waals surface area contributed by atoms with Crippen LogP contribution in [-0.4, -0.2) is 51.9 Å². The third-order valence-corrected chi connectivity index (χ3v) is 7.64. The van der Waals surface area contributed by atoms with Gasteiger partial charge in [-0.2, -0.15) is 0 Å². The van der Waals surface area contributed by atoms with Gasteiger partial charge in [-0.15, -0.1) is 11.3 Å². The summed E-state index contributed by atoms with van der Waals surface area (Å²) in [6, 6.07) is 10.6. The average Bonchev–Trinajstić information content (AvgIpc) is 3.11. The number of carbonyl (C=O) groups is 1. The van der Waals surface area contributed by atoms with Crippen LogP contribution in [-0.2, 0) is 0 Å². The number of halogens is 1. The van der Waals surface area contributed by atoms with Gasteiger partial charge in [-0.25, -0.2) is 0 Å². The van der Waals surface area contributed by atoms with Crippen molar-refractivity contribution < 1.29 is 9.72 Å². The van der Waals surface area contributed by atoms with Crippen molar-refractivity contribution in [1.82, 2.24) is 9.80 Å². The van der Waals surface area contributed by atoms with Crippen LogP contribution < -0.4 is 5.32 Å². The zero-order valence-electron chi connectivity index (χ0n) is 17.6. The van der Waals surface area contributed by atoms with Gasteiger partial charge in [-0.05, 0) is 55.4 Å². The van der Waals surface area contributed by atoms with E-state index in [4.69, 9.17) is 23.8 Å². The highest BCUT2D eigenvalue weighted by atomic mass is 35.5. The fraction of sp³-hybridized carbons (Fsp3) is 0.273.